The van der Waals surface area contributed by atoms with Crippen LogP contribution >= 0.6 is 23.2 Å². The highest BCUT2D eigenvalue weighted by molar-refractivity contribution is 6.31. The van der Waals surface area contributed by atoms with E-state index in [9.17, 15) is 4.79 Å². The molecule has 0 atom stereocenters. The molecular formula is C25H22Cl2N2O. The molecule has 2 aromatic heterocycles. The molecule has 0 amide bonds. The Hall–Kier alpha value is -2.62. The molecule has 0 saturated heterocycles. The van der Waals surface area contributed by atoms with E-state index in [-0.39, 0.29) is 5.78 Å². The highest BCUT2D eigenvalue weighted by Gasteiger charge is 2.18. The summed E-state index contributed by atoms with van der Waals surface area (Å²) in [6.07, 6.45) is 3.64. The normalized spacial score (nSPS) is 11.2. The SMILES string of the molecule is CCc1nc2cc(Cl)ccn2c1C(=O)CCc1ccc(-c2ccc(Cl)cc2C)cc1. The summed E-state index contributed by atoms with van der Waals surface area (Å²) in [6.45, 7) is 4.07. The summed E-state index contributed by atoms with van der Waals surface area (Å²) in [7, 11) is 0. The molecule has 0 aliphatic rings. The first-order valence-electron chi connectivity index (χ1n) is 10.0. The van der Waals surface area contributed by atoms with E-state index in [1.165, 1.54) is 5.56 Å². The number of carbonyl (C=O) groups is 1. The third kappa shape index (κ3) is 4.14. The summed E-state index contributed by atoms with van der Waals surface area (Å²) in [5.41, 5.74) is 6.78. The number of aryl methyl sites for hydroxylation is 3. The van der Waals surface area contributed by atoms with Crippen LogP contribution < -0.4 is 0 Å². The van der Waals surface area contributed by atoms with Gasteiger partial charge in [0.25, 0.3) is 0 Å². The number of fused-ring (bicyclic) bond motifs is 1. The Morgan fingerprint density at radius 1 is 1.00 bits per heavy atom. The van der Waals surface area contributed by atoms with Gasteiger partial charge in [0.2, 0.25) is 0 Å². The average Bonchev–Trinajstić information content (AvgIpc) is 3.10. The first kappa shape index (κ1) is 20.6. The minimum atomic E-state index is 0.0966. The third-order valence-electron chi connectivity index (χ3n) is 5.35. The van der Waals surface area contributed by atoms with Crippen molar-refractivity contribution in [2.75, 3.05) is 0 Å². The molecule has 4 aromatic rings. The lowest BCUT2D eigenvalue weighted by Crippen LogP contribution is -2.08. The Morgan fingerprint density at radius 3 is 2.43 bits per heavy atom. The number of imidazole rings is 1. The number of halogens is 2. The third-order valence-corrected chi connectivity index (χ3v) is 5.82. The van der Waals surface area contributed by atoms with Crippen molar-refractivity contribution < 1.29 is 4.79 Å². The van der Waals surface area contributed by atoms with Crippen LogP contribution in [0.1, 0.15) is 40.7 Å². The van der Waals surface area contributed by atoms with Gasteiger partial charge in [0.1, 0.15) is 11.3 Å². The van der Waals surface area contributed by atoms with Crippen molar-refractivity contribution in [3.8, 4) is 11.1 Å². The zero-order valence-corrected chi connectivity index (χ0v) is 18.5. The maximum absolute atomic E-state index is 13.0. The smallest absolute Gasteiger partial charge is 0.181 e. The number of hydrogen-bond acceptors (Lipinski definition) is 2. The molecule has 3 nitrogen and oxygen atoms in total. The van der Waals surface area contributed by atoms with Gasteiger partial charge in [-0.3, -0.25) is 9.20 Å². The van der Waals surface area contributed by atoms with Crippen LogP contribution in [-0.4, -0.2) is 15.2 Å². The van der Waals surface area contributed by atoms with Crippen molar-refractivity contribution >= 4 is 34.6 Å². The standard InChI is InChI=1S/C25H22Cl2N2O/c1-3-22-25(29-13-12-20(27)15-24(29)28-22)23(30)11-6-17-4-7-18(8-5-17)21-10-9-19(26)14-16(21)2/h4-5,7-10,12-15H,3,6,11H2,1-2H3. The highest BCUT2D eigenvalue weighted by Crippen LogP contribution is 2.27. The largest absolute Gasteiger partial charge is 0.297 e. The lowest BCUT2D eigenvalue weighted by molar-refractivity contribution is 0.0976. The van der Waals surface area contributed by atoms with Crippen LogP contribution in [-0.2, 0) is 12.8 Å². The molecule has 0 unspecified atom stereocenters. The maximum atomic E-state index is 13.0. The molecule has 0 bridgehead atoms. The van der Waals surface area contributed by atoms with Crippen molar-refractivity contribution in [3.05, 3.63) is 93.4 Å². The number of ketones is 1. The molecule has 4 rings (SSSR count). The predicted octanol–water partition coefficient (Wildman–Crippen LogP) is 6.99. The summed E-state index contributed by atoms with van der Waals surface area (Å²) in [5, 5.41) is 1.36. The quantitative estimate of drug-likeness (QED) is 0.305. The molecule has 0 fully saturated rings. The molecule has 2 aromatic carbocycles. The zero-order chi connectivity index (χ0) is 21.3. The fourth-order valence-corrected chi connectivity index (χ4v) is 4.17. The summed E-state index contributed by atoms with van der Waals surface area (Å²) in [6, 6.07) is 17.9. The van der Waals surface area contributed by atoms with Crippen LogP contribution in [0.4, 0.5) is 0 Å². The molecule has 0 N–H and O–H groups in total. The Bertz CT molecular complexity index is 1230. The lowest BCUT2D eigenvalue weighted by atomic mass is 9.98. The van der Waals surface area contributed by atoms with Gasteiger partial charge >= 0.3 is 0 Å². The first-order valence-corrected chi connectivity index (χ1v) is 10.8. The molecule has 0 aliphatic carbocycles. The molecular weight excluding hydrogens is 415 g/mol. The van der Waals surface area contributed by atoms with Crippen LogP contribution in [0.3, 0.4) is 0 Å². The fourth-order valence-electron chi connectivity index (χ4n) is 3.79. The minimum absolute atomic E-state index is 0.0966. The Labute approximate surface area is 186 Å². The molecule has 0 saturated carbocycles. The van der Waals surface area contributed by atoms with Gasteiger partial charge in [-0.25, -0.2) is 4.98 Å². The van der Waals surface area contributed by atoms with Gasteiger partial charge in [0.15, 0.2) is 5.78 Å². The second-order valence-electron chi connectivity index (χ2n) is 7.41. The van der Waals surface area contributed by atoms with Crippen molar-refractivity contribution in [2.45, 2.75) is 33.1 Å². The molecule has 0 radical (unpaired) electrons. The van der Waals surface area contributed by atoms with Gasteiger partial charge in [0, 0.05) is 28.7 Å². The van der Waals surface area contributed by atoms with Crippen molar-refractivity contribution in [3.63, 3.8) is 0 Å². The van der Waals surface area contributed by atoms with Gasteiger partial charge in [-0.15, -0.1) is 0 Å². The highest BCUT2D eigenvalue weighted by atomic mass is 35.5. The number of Topliss-reactive ketones (excluding diaryl/α,β-unsaturated/α-hetero) is 1. The van der Waals surface area contributed by atoms with Gasteiger partial charge in [0.05, 0.1) is 5.69 Å². The van der Waals surface area contributed by atoms with E-state index in [2.05, 4.69) is 36.2 Å². The number of aromatic nitrogens is 2. The minimum Gasteiger partial charge on any atom is -0.297 e. The maximum Gasteiger partial charge on any atom is 0.181 e. The zero-order valence-electron chi connectivity index (χ0n) is 17.0. The predicted molar refractivity (Wildman–Crippen MR) is 124 cm³/mol. The number of nitrogens with zero attached hydrogens (tertiary/aromatic N) is 2. The number of hydrogen-bond donors (Lipinski definition) is 0. The van der Waals surface area contributed by atoms with Crippen LogP contribution in [0.25, 0.3) is 16.8 Å². The number of carbonyl (C=O) groups excluding carboxylic acids is 1. The van der Waals surface area contributed by atoms with E-state index < -0.39 is 0 Å². The van der Waals surface area contributed by atoms with E-state index in [4.69, 9.17) is 23.2 Å². The molecule has 30 heavy (non-hydrogen) atoms. The second-order valence-corrected chi connectivity index (χ2v) is 8.29. The van der Waals surface area contributed by atoms with E-state index in [1.807, 2.05) is 35.7 Å². The number of rotatable bonds is 6. The summed E-state index contributed by atoms with van der Waals surface area (Å²) < 4.78 is 1.85. The summed E-state index contributed by atoms with van der Waals surface area (Å²) >= 11 is 12.1. The topological polar surface area (TPSA) is 34.4 Å². The summed E-state index contributed by atoms with van der Waals surface area (Å²) in [4.78, 5) is 17.6. The van der Waals surface area contributed by atoms with Gasteiger partial charge in [-0.1, -0.05) is 60.5 Å². The van der Waals surface area contributed by atoms with Crippen LogP contribution in [0.2, 0.25) is 10.0 Å². The van der Waals surface area contributed by atoms with Crippen LogP contribution in [0.5, 0.6) is 0 Å². The van der Waals surface area contributed by atoms with Crippen LogP contribution in [0, 0.1) is 6.92 Å². The first-order chi connectivity index (χ1) is 14.5. The average molecular weight is 437 g/mol. The fraction of sp³-hybridized carbons (Fsp3) is 0.200. The lowest BCUT2D eigenvalue weighted by Gasteiger charge is -2.08. The van der Waals surface area contributed by atoms with E-state index in [1.54, 1.807) is 12.1 Å². The van der Waals surface area contributed by atoms with E-state index in [0.29, 0.717) is 35.6 Å². The molecule has 0 aliphatic heterocycles. The van der Waals surface area contributed by atoms with Gasteiger partial charge in [-0.05, 0) is 60.2 Å². The van der Waals surface area contributed by atoms with E-state index >= 15 is 0 Å². The number of benzene rings is 2. The van der Waals surface area contributed by atoms with Gasteiger partial charge in [-0.2, -0.15) is 0 Å². The van der Waals surface area contributed by atoms with Crippen LogP contribution in [0.15, 0.2) is 60.8 Å². The van der Waals surface area contributed by atoms with Crippen molar-refractivity contribution in [1.29, 1.82) is 0 Å². The number of pyridine rings is 1. The van der Waals surface area contributed by atoms with Crippen molar-refractivity contribution in [1.82, 2.24) is 9.38 Å². The monoisotopic (exact) mass is 436 g/mol. The van der Waals surface area contributed by atoms with Crippen molar-refractivity contribution in [2.24, 2.45) is 0 Å². The molecule has 152 valence electrons. The molecule has 2 heterocycles. The second kappa shape index (κ2) is 8.63. The Morgan fingerprint density at radius 2 is 1.73 bits per heavy atom. The Balaban J connectivity index is 1.51. The van der Waals surface area contributed by atoms with E-state index in [0.717, 1.165) is 27.4 Å². The van der Waals surface area contributed by atoms with Gasteiger partial charge < -0.3 is 0 Å². The summed E-state index contributed by atoms with van der Waals surface area (Å²) in [5.74, 6) is 0.0966. The molecule has 0 spiro atoms. The molecule has 5 heteroatoms. The Kier molecular flexibility index (Phi) is 5.94.